The van der Waals surface area contributed by atoms with Crippen LogP contribution in [0, 0.1) is 107 Å². The van der Waals surface area contributed by atoms with E-state index in [4.69, 9.17) is 26.6 Å². The molecular weight excluding hydrogens is 1380 g/mol. The monoisotopic (exact) mass is 1460 g/mol. The number of nitrogen functional groups attached to an aromatic ring is 1. The van der Waals surface area contributed by atoms with Gasteiger partial charge in [-0.2, -0.15) is 24.5 Å². The number of nitrogens with two attached hydrogens (primary N) is 1. The lowest BCUT2D eigenvalue weighted by molar-refractivity contribution is -0.380. The molecule has 0 atom stereocenters. The van der Waals surface area contributed by atoms with Crippen molar-refractivity contribution in [3.63, 3.8) is 0 Å². The number of thiophene rings is 10. The van der Waals surface area contributed by atoms with E-state index in [1.165, 1.54) is 85.3 Å². The van der Waals surface area contributed by atoms with Gasteiger partial charge in [0.2, 0.25) is 5.69 Å². The Hall–Kier alpha value is -6.48. The van der Waals surface area contributed by atoms with Gasteiger partial charge in [0.1, 0.15) is 18.6 Å². The summed E-state index contributed by atoms with van der Waals surface area (Å²) in [4.78, 5) is 34.7. The Labute approximate surface area is 585 Å². The number of hydrogen-bond donors (Lipinski definition) is 2. The highest BCUT2D eigenvalue weighted by Crippen LogP contribution is 2.43. The van der Waals surface area contributed by atoms with Crippen molar-refractivity contribution in [2.24, 2.45) is 10.1 Å². The van der Waals surface area contributed by atoms with E-state index in [9.17, 15) is 23.3 Å². The molecule has 0 amide bonds. The molecule has 504 valence electrons. The molecule has 0 unspecified atom stereocenters. The molecule has 93 heavy (non-hydrogen) atoms. The maximum atomic E-state index is 11.9. The zero-order chi connectivity index (χ0) is 68.8. The van der Waals surface area contributed by atoms with Crippen LogP contribution in [0.5, 0.6) is 5.75 Å². The number of oxime groups is 1. The van der Waals surface area contributed by atoms with Crippen LogP contribution in [0.4, 0.5) is 33.6 Å². The Kier molecular flexibility index (Phi) is 42.3. The molecule has 11 aromatic rings. The third-order valence-electron chi connectivity index (χ3n) is 12.5. The largest absolute Gasteiger partial charge is 0.507 e. The fourth-order valence-corrected chi connectivity index (χ4v) is 13.5. The van der Waals surface area contributed by atoms with Crippen molar-refractivity contribution in [3.8, 4) is 5.75 Å². The first-order valence-electron chi connectivity index (χ1n) is 27.9. The molecule has 0 saturated heterocycles. The minimum absolute atomic E-state index is 0. The van der Waals surface area contributed by atoms with Crippen LogP contribution >= 0.6 is 113 Å². The maximum absolute atomic E-state index is 11.9. The predicted octanol–water partition coefficient (Wildman–Crippen LogP) is 24.1. The van der Waals surface area contributed by atoms with Crippen LogP contribution in [0.2, 0.25) is 0 Å². The average Bonchev–Trinajstić information content (AvgIpc) is 2.13. The van der Waals surface area contributed by atoms with Crippen molar-refractivity contribution in [2.45, 2.75) is 122 Å². The molecule has 0 bridgehead atoms. The standard InChI is InChI=1S/C8H10S.C7H9NOS.C7H9NS.C7H10OS.C6H5F3S.C6H5NS.C6H8S.C5H5NO2S.C5H7NO.C5H7NS.C5H6OS.FH/c1-6-8(4-5-9-6)7-2-3-7;1-6-7(3-4-10-6)5-8-9-2;2*1-6-7(5-8-2)3-4-9-6;1-4-5(2-3-10-4)6(7,8)9;1-5-6(7-2)3-4-8-5;1-5-3-4-7-6(5)2;1-4-2-3-9-5(4)6(7)8;1-4-5(2)7-3-6-4;1-4-2-3-7-5(4)6;1-4-5(6)2-3-7-4;/h4-5,7H,2-3H2,1H3;3-5H,1-2H3;3-5H,1-2H3;3-4H,5H2,1-2H3;2-3H,1H3;3-4H,1H3;3-4H,1-2H3;2-3H,1H3;3H,1-2H3;2-3H,6H2,1H3;2-3,6H,1H3;1H/b;8-5+;;;;;;;;;;. The summed E-state index contributed by atoms with van der Waals surface area (Å²) in [6.45, 7) is 33.0. The summed E-state index contributed by atoms with van der Waals surface area (Å²) in [6, 6.07) is 19.0. The first kappa shape index (κ1) is 84.5. The Morgan fingerprint density at radius 2 is 1.14 bits per heavy atom. The van der Waals surface area contributed by atoms with Crippen molar-refractivity contribution in [3.05, 3.63) is 237 Å². The summed E-state index contributed by atoms with van der Waals surface area (Å²) in [5, 5.41) is 43.2. The number of aryl methyl sites for hydroxylation is 13. The number of nitrogens with zero attached hydrogens (tertiary/aromatic N) is 5. The lowest BCUT2D eigenvalue weighted by Gasteiger charge is -2.03. The summed E-state index contributed by atoms with van der Waals surface area (Å²) in [6.07, 6.45) is 3.72. The van der Waals surface area contributed by atoms with E-state index >= 15 is 0 Å². The first-order chi connectivity index (χ1) is 43.7. The number of hydrogen-bond acceptors (Lipinski definition) is 20. The van der Waals surface area contributed by atoms with Gasteiger partial charge in [-0.15, -0.1) is 90.7 Å². The van der Waals surface area contributed by atoms with Gasteiger partial charge in [0.05, 0.1) is 40.6 Å². The Balaban J connectivity index is 0.000000512. The summed E-state index contributed by atoms with van der Waals surface area (Å²) < 4.78 is 45.5. The highest BCUT2D eigenvalue weighted by molar-refractivity contribution is 7.14. The van der Waals surface area contributed by atoms with Crippen LogP contribution in [0.1, 0.15) is 114 Å². The first-order valence-corrected chi connectivity index (χ1v) is 36.7. The third kappa shape index (κ3) is 34.0. The summed E-state index contributed by atoms with van der Waals surface area (Å²) in [5.74, 6) is 2.25. The maximum Gasteiger partial charge on any atom is 0.417 e. The van der Waals surface area contributed by atoms with E-state index in [1.807, 2.05) is 91.9 Å². The number of methoxy groups -OCH3 is 1. The summed E-state index contributed by atoms with van der Waals surface area (Å²) in [7, 11) is 5.05. The van der Waals surface area contributed by atoms with Crippen molar-refractivity contribution >= 4 is 141 Å². The molecule has 11 aromatic heterocycles. The van der Waals surface area contributed by atoms with Crippen molar-refractivity contribution in [1.29, 1.82) is 0 Å². The van der Waals surface area contributed by atoms with Gasteiger partial charge >= 0.3 is 11.2 Å². The number of halogens is 4. The quantitative estimate of drug-likeness (QED) is 0.0524. The number of ether oxygens (including phenoxy) is 1. The van der Waals surface area contributed by atoms with Crippen LogP contribution in [0.15, 0.2) is 135 Å². The van der Waals surface area contributed by atoms with Gasteiger partial charge in [0, 0.05) is 76.1 Å². The summed E-state index contributed by atoms with van der Waals surface area (Å²) in [5.41, 5.74) is 15.3. The molecule has 1 aliphatic carbocycles. The van der Waals surface area contributed by atoms with Gasteiger partial charge in [-0.25, -0.2) is 9.83 Å². The number of aliphatic imine (C=N–C) groups is 1. The molecule has 1 aliphatic rings. The smallest absolute Gasteiger partial charge is 0.417 e. The SMILES string of the molecule is CN=Cc1ccsc1C.CO/N=C/c1ccsc1C.COCc1ccsc1C.Cc1ccsc1C.Cc1ccsc1N.Cc1ccsc1[N+](=O)[O-].Cc1ncoc1C.Cc1sccc1C(F)(F)F.Cc1sccc1C1CC1.Cc1sccc1O.F.[C-]#[N+]c1ccsc1C. The molecule has 11 heterocycles. The average molecular weight is 1460 g/mol. The van der Waals surface area contributed by atoms with Gasteiger partial charge in [-0.05, 0) is 245 Å². The summed E-state index contributed by atoms with van der Waals surface area (Å²) >= 11 is 15.9. The van der Waals surface area contributed by atoms with E-state index in [2.05, 4.69) is 112 Å². The Bertz CT molecular complexity index is 3640. The topological polar surface area (TPSA) is 163 Å². The highest BCUT2D eigenvalue weighted by atomic mass is 32.1. The zero-order valence-electron chi connectivity index (χ0n) is 54.9. The molecule has 0 radical (unpaired) electrons. The number of alkyl halides is 3. The number of oxazole rings is 1. The molecular formula is C67H82F4N6O6S10. The van der Waals surface area contributed by atoms with Gasteiger partial charge in [-0.3, -0.25) is 19.8 Å². The molecule has 26 heteroatoms. The van der Waals surface area contributed by atoms with E-state index in [1.54, 1.807) is 130 Å². The van der Waals surface area contributed by atoms with E-state index < -0.39 is 11.7 Å². The predicted molar refractivity (Wildman–Crippen MR) is 399 cm³/mol. The van der Waals surface area contributed by atoms with Gasteiger partial charge < -0.3 is 24.8 Å². The minimum Gasteiger partial charge on any atom is -0.507 e. The van der Waals surface area contributed by atoms with E-state index in [-0.39, 0.29) is 14.6 Å². The lowest BCUT2D eigenvalue weighted by Crippen LogP contribution is -2.03. The van der Waals surface area contributed by atoms with Crippen LogP contribution < -0.4 is 5.73 Å². The second-order valence-electron chi connectivity index (χ2n) is 19.3. The lowest BCUT2D eigenvalue weighted by atomic mass is 10.2. The molecule has 3 N–H and O–H groups in total. The minimum atomic E-state index is -4.18. The number of aromatic hydroxyl groups is 1. The second-order valence-corrected chi connectivity index (χ2v) is 30.1. The van der Waals surface area contributed by atoms with Crippen LogP contribution in [-0.4, -0.2) is 48.7 Å². The molecule has 0 aromatic carbocycles. The fourth-order valence-electron chi connectivity index (χ4n) is 6.53. The molecule has 12 rings (SSSR count). The number of rotatable bonds is 7. The molecule has 1 saturated carbocycles. The van der Waals surface area contributed by atoms with Crippen LogP contribution in [-0.2, 0) is 22.4 Å². The third-order valence-corrected chi connectivity index (χ3v) is 21.2. The second kappa shape index (κ2) is 46.6. The molecule has 1 fully saturated rings. The number of anilines is 1. The van der Waals surface area contributed by atoms with Crippen molar-refractivity contribution < 1.29 is 41.9 Å². The van der Waals surface area contributed by atoms with Gasteiger partial charge in [-0.1, -0.05) is 16.5 Å². The van der Waals surface area contributed by atoms with Gasteiger partial charge in [0.25, 0.3) is 0 Å². The molecule has 0 spiro atoms. The number of nitro groups is 1. The fraction of sp³-hybridized carbons (Fsp3) is 0.313. The normalized spacial score (nSPS) is 10.7. The Morgan fingerprint density at radius 1 is 0.645 bits per heavy atom. The van der Waals surface area contributed by atoms with E-state index in [0.717, 1.165) is 84.3 Å². The van der Waals surface area contributed by atoms with Crippen molar-refractivity contribution in [1.82, 2.24) is 4.98 Å². The number of aromatic nitrogens is 1. The Morgan fingerprint density at radius 3 is 1.41 bits per heavy atom. The van der Waals surface area contributed by atoms with Gasteiger partial charge in [0.15, 0.2) is 6.39 Å². The van der Waals surface area contributed by atoms with Crippen LogP contribution in [0.3, 0.4) is 0 Å². The van der Waals surface area contributed by atoms with Crippen molar-refractivity contribution in [2.75, 3.05) is 27.0 Å². The highest BCUT2D eigenvalue weighted by Gasteiger charge is 2.32. The van der Waals surface area contributed by atoms with E-state index in [0.29, 0.717) is 10.6 Å². The molecule has 0 aliphatic heterocycles. The zero-order valence-corrected chi connectivity index (χ0v) is 63.1. The van der Waals surface area contributed by atoms with Crippen LogP contribution in [0.25, 0.3) is 4.85 Å². The molecule has 12 nitrogen and oxygen atoms in total.